The van der Waals surface area contributed by atoms with Crippen LogP contribution >= 0.6 is 0 Å². The molecule has 9 nitrogen and oxygen atoms in total. The number of hydrogen-bond donors (Lipinski definition) is 0. The first-order chi connectivity index (χ1) is 12.7. The van der Waals surface area contributed by atoms with Gasteiger partial charge in [-0.3, -0.25) is 9.69 Å². The molecular weight excluding hydrogens is 336 g/mol. The molecule has 0 aromatic carbocycles. The molecule has 1 aromatic rings. The Kier molecular flexibility index (Phi) is 6.21. The van der Waals surface area contributed by atoms with E-state index < -0.39 is 0 Å². The molecule has 0 N–H and O–H groups in total. The minimum absolute atomic E-state index is 0.142. The van der Waals surface area contributed by atoms with Gasteiger partial charge in [-0.1, -0.05) is 0 Å². The van der Waals surface area contributed by atoms with Crippen LogP contribution in [0.4, 0.5) is 10.7 Å². The summed E-state index contributed by atoms with van der Waals surface area (Å²) >= 11 is 0. The minimum Gasteiger partial charge on any atom is -0.450 e. The van der Waals surface area contributed by atoms with Crippen molar-refractivity contribution < 1.29 is 14.3 Å². The zero-order valence-corrected chi connectivity index (χ0v) is 15.2. The summed E-state index contributed by atoms with van der Waals surface area (Å²) < 4.78 is 5.02. The smallest absolute Gasteiger partial charge is 0.409 e. The number of aromatic nitrogens is 2. The van der Waals surface area contributed by atoms with Crippen molar-refractivity contribution in [3.63, 3.8) is 0 Å². The van der Waals surface area contributed by atoms with Crippen molar-refractivity contribution in [2.45, 2.75) is 6.92 Å². The molecule has 0 saturated carbocycles. The second kappa shape index (κ2) is 8.79. The summed E-state index contributed by atoms with van der Waals surface area (Å²) in [6, 6.07) is 1.80. The Morgan fingerprint density at radius 2 is 1.58 bits per heavy atom. The first-order valence-electron chi connectivity index (χ1n) is 9.11. The number of carbonyl (C=O) groups is 2. The molecule has 0 atom stereocenters. The predicted octanol–water partition coefficient (Wildman–Crippen LogP) is -0.101. The number of amides is 2. The number of ether oxygens (including phenoxy) is 1. The van der Waals surface area contributed by atoms with Gasteiger partial charge in [0.05, 0.1) is 13.2 Å². The molecule has 0 bridgehead atoms. The van der Waals surface area contributed by atoms with E-state index in [1.54, 1.807) is 30.3 Å². The molecule has 3 heterocycles. The van der Waals surface area contributed by atoms with Gasteiger partial charge in [-0.2, -0.15) is 0 Å². The summed E-state index contributed by atoms with van der Waals surface area (Å²) in [6.45, 7) is 8.03. The third kappa shape index (κ3) is 4.60. The summed E-state index contributed by atoms with van der Waals surface area (Å²) in [5.41, 5.74) is 0. The quantitative estimate of drug-likeness (QED) is 0.740. The molecule has 2 amide bonds. The molecule has 2 saturated heterocycles. The zero-order valence-electron chi connectivity index (χ0n) is 15.2. The van der Waals surface area contributed by atoms with Gasteiger partial charge >= 0.3 is 6.09 Å². The predicted molar refractivity (Wildman–Crippen MR) is 95.9 cm³/mol. The maximum atomic E-state index is 12.6. The van der Waals surface area contributed by atoms with Gasteiger partial charge < -0.3 is 19.4 Å². The van der Waals surface area contributed by atoms with Crippen molar-refractivity contribution in [3.8, 4) is 0 Å². The Morgan fingerprint density at radius 3 is 2.19 bits per heavy atom. The van der Waals surface area contributed by atoms with Crippen molar-refractivity contribution in [1.82, 2.24) is 24.7 Å². The van der Waals surface area contributed by atoms with Crippen LogP contribution in [0.3, 0.4) is 0 Å². The molecule has 26 heavy (non-hydrogen) atoms. The van der Waals surface area contributed by atoms with E-state index in [2.05, 4.69) is 19.8 Å². The summed E-state index contributed by atoms with van der Waals surface area (Å²) in [7, 11) is 0. The van der Waals surface area contributed by atoms with Crippen LogP contribution in [0.25, 0.3) is 0 Å². The number of rotatable bonds is 4. The Bertz CT molecular complexity index is 598. The Morgan fingerprint density at radius 1 is 0.962 bits per heavy atom. The Labute approximate surface area is 153 Å². The second-order valence-corrected chi connectivity index (χ2v) is 6.38. The lowest BCUT2D eigenvalue weighted by molar-refractivity contribution is -0.133. The summed E-state index contributed by atoms with van der Waals surface area (Å²) in [5, 5.41) is 0. The summed E-state index contributed by atoms with van der Waals surface area (Å²) in [4.78, 5) is 40.6. The lowest BCUT2D eigenvalue weighted by Crippen LogP contribution is -2.54. The van der Waals surface area contributed by atoms with Gasteiger partial charge in [0.2, 0.25) is 11.9 Å². The monoisotopic (exact) mass is 362 g/mol. The van der Waals surface area contributed by atoms with Crippen LogP contribution in [0, 0.1) is 0 Å². The highest BCUT2D eigenvalue weighted by Crippen LogP contribution is 2.11. The van der Waals surface area contributed by atoms with Crippen LogP contribution in [0.15, 0.2) is 18.5 Å². The van der Waals surface area contributed by atoms with Gasteiger partial charge in [0.25, 0.3) is 0 Å². The van der Waals surface area contributed by atoms with Crippen molar-refractivity contribution in [2.75, 3.05) is 70.4 Å². The van der Waals surface area contributed by atoms with E-state index >= 15 is 0 Å². The van der Waals surface area contributed by atoms with Gasteiger partial charge in [0.15, 0.2) is 0 Å². The molecule has 2 fully saturated rings. The standard InChI is InChI=1S/C17H26N6O3/c1-2-26-17(25)23-8-6-20(7-9-23)14-15(24)21-10-12-22(13-11-21)16-18-4-3-5-19-16/h3-5H,2,6-14H2,1H3. The van der Waals surface area contributed by atoms with E-state index in [9.17, 15) is 9.59 Å². The highest BCUT2D eigenvalue weighted by atomic mass is 16.6. The van der Waals surface area contributed by atoms with E-state index in [0.717, 1.165) is 19.0 Å². The fourth-order valence-corrected chi connectivity index (χ4v) is 3.20. The fraction of sp³-hybridized carbons (Fsp3) is 0.647. The molecule has 142 valence electrons. The molecule has 3 rings (SSSR count). The average molecular weight is 362 g/mol. The topological polar surface area (TPSA) is 82.1 Å². The maximum absolute atomic E-state index is 12.6. The summed E-state index contributed by atoms with van der Waals surface area (Å²) in [6.07, 6.45) is 3.20. The average Bonchev–Trinajstić information content (AvgIpc) is 2.69. The van der Waals surface area contributed by atoms with Crippen molar-refractivity contribution in [1.29, 1.82) is 0 Å². The van der Waals surface area contributed by atoms with E-state index in [1.165, 1.54) is 0 Å². The fourth-order valence-electron chi connectivity index (χ4n) is 3.20. The molecule has 2 aliphatic heterocycles. The Balaban J connectivity index is 1.40. The van der Waals surface area contributed by atoms with Crippen LogP contribution in [-0.2, 0) is 9.53 Å². The lowest BCUT2D eigenvalue weighted by atomic mass is 10.3. The van der Waals surface area contributed by atoms with E-state index in [-0.39, 0.29) is 12.0 Å². The first-order valence-corrected chi connectivity index (χ1v) is 9.11. The molecular formula is C17H26N6O3. The highest BCUT2D eigenvalue weighted by Gasteiger charge is 2.26. The number of piperazine rings is 2. The van der Waals surface area contributed by atoms with Crippen molar-refractivity contribution in [2.24, 2.45) is 0 Å². The highest BCUT2D eigenvalue weighted by molar-refractivity contribution is 5.78. The molecule has 0 aliphatic carbocycles. The normalized spacial score (nSPS) is 18.7. The molecule has 1 aromatic heterocycles. The maximum Gasteiger partial charge on any atom is 0.409 e. The van der Waals surface area contributed by atoms with Gasteiger partial charge in [0.1, 0.15) is 0 Å². The van der Waals surface area contributed by atoms with E-state index in [0.29, 0.717) is 52.4 Å². The van der Waals surface area contributed by atoms with Crippen LogP contribution < -0.4 is 4.90 Å². The van der Waals surface area contributed by atoms with Crippen LogP contribution in [0.1, 0.15) is 6.92 Å². The largest absolute Gasteiger partial charge is 0.450 e. The number of anilines is 1. The van der Waals surface area contributed by atoms with E-state index in [4.69, 9.17) is 4.74 Å². The molecule has 0 unspecified atom stereocenters. The number of carbonyl (C=O) groups excluding carboxylic acids is 2. The summed E-state index contributed by atoms with van der Waals surface area (Å²) in [5.74, 6) is 0.859. The van der Waals surface area contributed by atoms with Crippen LogP contribution in [0.2, 0.25) is 0 Å². The van der Waals surface area contributed by atoms with Crippen LogP contribution in [-0.4, -0.2) is 102 Å². The molecule has 0 spiro atoms. The van der Waals surface area contributed by atoms with Gasteiger partial charge in [-0.25, -0.2) is 14.8 Å². The molecule has 9 heteroatoms. The van der Waals surface area contributed by atoms with Gasteiger partial charge in [-0.15, -0.1) is 0 Å². The minimum atomic E-state index is -0.266. The van der Waals surface area contributed by atoms with Crippen LogP contribution in [0.5, 0.6) is 0 Å². The van der Waals surface area contributed by atoms with E-state index in [1.807, 2.05) is 4.90 Å². The zero-order chi connectivity index (χ0) is 18.4. The van der Waals surface area contributed by atoms with Crippen molar-refractivity contribution in [3.05, 3.63) is 18.5 Å². The number of hydrogen-bond acceptors (Lipinski definition) is 7. The Hall–Kier alpha value is -2.42. The number of nitrogens with zero attached hydrogens (tertiary/aromatic N) is 6. The third-order valence-corrected chi connectivity index (χ3v) is 4.72. The third-order valence-electron chi connectivity index (χ3n) is 4.72. The van der Waals surface area contributed by atoms with Crippen molar-refractivity contribution >= 4 is 17.9 Å². The van der Waals surface area contributed by atoms with Gasteiger partial charge in [-0.05, 0) is 13.0 Å². The molecule has 2 aliphatic rings. The molecule has 0 radical (unpaired) electrons. The first kappa shape index (κ1) is 18.4. The SMILES string of the molecule is CCOC(=O)N1CCN(CC(=O)N2CCN(c3ncccn3)CC2)CC1. The second-order valence-electron chi connectivity index (χ2n) is 6.38. The van der Waals surface area contributed by atoms with Gasteiger partial charge in [0, 0.05) is 64.8 Å². The lowest BCUT2D eigenvalue weighted by Gasteiger charge is -2.37.